The SMILES string of the molecule is Cc1ccc(NC(=O)N(CC(=O)N(Cc2ccccc2)Cc2cccs2)Cc2ccco2)cc1. The fourth-order valence-electron chi connectivity index (χ4n) is 3.52. The number of urea groups is 1. The van der Waals surface area contributed by atoms with Gasteiger partial charge in [-0.05, 0) is 48.2 Å². The van der Waals surface area contributed by atoms with Crippen LogP contribution in [0.15, 0.2) is 94.9 Å². The average molecular weight is 474 g/mol. The van der Waals surface area contributed by atoms with Crippen molar-refractivity contribution >= 4 is 29.0 Å². The van der Waals surface area contributed by atoms with E-state index in [1.165, 1.54) is 4.90 Å². The maximum Gasteiger partial charge on any atom is 0.322 e. The van der Waals surface area contributed by atoms with Crippen LogP contribution in [0.2, 0.25) is 0 Å². The molecular formula is C27H27N3O3S. The molecule has 0 aliphatic rings. The zero-order chi connectivity index (χ0) is 23.8. The second-order valence-corrected chi connectivity index (χ2v) is 9.08. The second-order valence-electron chi connectivity index (χ2n) is 8.05. The number of amides is 3. The van der Waals surface area contributed by atoms with E-state index < -0.39 is 0 Å². The minimum absolute atomic E-state index is 0.0728. The summed E-state index contributed by atoms with van der Waals surface area (Å²) in [4.78, 5) is 31.0. The first-order valence-corrected chi connectivity index (χ1v) is 11.9. The van der Waals surface area contributed by atoms with Crippen molar-refractivity contribution in [1.82, 2.24) is 9.80 Å². The summed E-state index contributed by atoms with van der Waals surface area (Å²) in [5, 5.41) is 4.90. The molecule has 3 amide bonds. The molecule has 0 atom stereocenters. The predicted octanol–water partition coefficient (Wildman–Crippen LogP) is 5.91. The molecule has 34 heavy (non-hydrogen) atoms. The summed E-state index contributed by atoms with van der Waals surface area (Å²) < 4.78 is 5.46. The molecule has 2 heterocycles. The van der Waals surface area contributed by atoms with Gasteiger partial charge in [-0.1, -0.05) is 54.1 Å². The molecule has 0 aliphatic carbocycles. The van der Waals surface area contributed by atoms with Crippen molar-refractivity contribution in [3.8, 4) is 0 Å². The molecule has 0 radical (unpaired) electrons. The topological polar surface area (TPSA) is 65.8 Å². The fraction of sp³-hybridized carbons (Fsp3) is 0.185. The Bertz CT molecular complexity index is 1170. The Morgan fingerprint density at radius 3 is 2.32 bits per heavy atom. The normalized spacial score (nSPS) is 10.6. The van der Waals surface area contributed by atoms with Gasteiger partial charge in [-0.2, -0.15) is 0 Å². The van der Waals surface area contributed by atoms with Gasteiger partial charge in [0.25, 0.3) is 0 Å². The molecule has 2 aromatic heterocycles. The number of nitrogens with one attached hydrogen (secondary N) is 1. The summed E-state index contributed by atoms with van der Waals surface area (Å²) in [6, 6.07) is 24.6. The standard InChI is InChI=1S/C27H27N3O3S/c1-21-11-13-23(14-12-21)28-27(32)30(18-24-9-5-15-33-24)20-26(31)29(19-25-10-6-16-34-25)17-22-7-3-2-4-8-22/h2-16H,17-20H2,1H3,(H,28,32). The molecule has 4 aromatic rings. The van der Waals surface area contributed by atoms with E-state index in [2.05, 4.69) is 5.32 Å². The van der Waals surface area contributed by atoms with Gasteiger partial charge >= 0.3 is 6.03 Å². The summed E-state index contributed by atoms with van der Waals surface area (Å²) in [7, 11) is 0. The van der Waals surface area contributed by atoms with E-state index >= 15 is 0 Å². The van der Waals surface area contributed by atoms with Gasteiger partial charge in [0, 0.05) is 17.1 Å². The van der Waals surface area contributed by atoms with Gasteiger partial charge in [-0.3, -0.25) is 4.79 Å². The van der Waals surface area contributed by atoms with Crippen molar-refractivity contribution in [2.45, 2.75) is 26.6 Å². The quantitative estimate of drug-likeness (QED) is 0.328. The molecule has 4 rings (SSSR count). The van der Waals surface area contributed by atoms with Crippen LogP contribution in [0.4, 0.5) is 10.5 Å². The monoisotopic (exact) mass is 473 g/mol. The number of nitrogens with zero attached hydrogens (tertiary/aromatic N) is 2. The lowest BCUT2D eigenvalue weighted by molar-refractivity contribution is -0.133. The van der Waals surface area contributed by atoms with Crippen molar-refractivity contribution in [2.75, 3.05) is 11.9 Å². The number of furan rings is 1. The fourth-order valence-corrected chi connectivity index (χ4v) is 4.24. The molecule has 0 aliphatic heterocycles. The van der Waals surface area contributed by atoms with Crippen LogP contribution in [0.1, 0.15) is 21.8 Å². The Labute approximate surface area is 203 Å². The number of aryl methyl sites for hydroxylation is 1. The highest BCUT2D eigenvalue weighted by Gasteiger charge is 2.23. The van der Waals surface area contributed by atoms with E-state index in [-0.39, 0.29) is 25.0 Å². The van der Waals surface area contributed by atoms with Crippen molar-refractivity contribution in [2.24, 2.45) is 0 Å². The predicted molar refractivity (Wildman–Crippen MR) is 134 cm³/mol. The smallest absolute Gasteiger partial charge is 0.322 e. The van der Waals surface area contributed by atoms with Crippen molar-refractivity contribution in [3.05, 3.63) is 112 Å². The molecular weight excluding hydrogens is 446 g/mol. The van der Waals surface area contributed by atoms with E-state index in [1.807, 2.05) is 79.0 Å². The van der Waals surface area contributed by atoms with Crippen LogP contribution in [-0.4, -0.2) is 28.3 Å². The minimum Gasteiger partial charge on any atom is -0.467 e. The van der Waals surface area contributed by atoms with Crippen LogP contribution < -0.4 is 5.32 Å². The first kappa shape index (κ1) is 23.3. The van der Waals surface area contributed by atoms with Crippen LogP contribution in [0.5, 0.6) is 0 Å². The Morgan fingerprint density at radius 2 is 1.65 bits per heavy atom. The molecule has 7 heteroatoms. The molecule has 0 bridgehead atoms. The number of carbonyl (C=O) groups excluding carboxylic acids is 2. The van der Waals surface area contributed by atoms with Gasteiger partial charge in [0.1, 0.15) is 12.3 Å². The van der Waals surface area contributed by atoms with Gasteiger partial charge in [-0.25, -0.2) is 4.79 Å². The largest absolute Gasteiger partial charge is 0.467 e. The van der Waals surface area contributed by atoms with Gasteiger partial charge in [0.15, 0.2) is 0 Å². The molecule has 0 spiro atoms. The number of thiophene rings is 1. The summed E-state index contributed by atoms with van der Waals surface area (Å²) >= 11 is 1.61. The summed E-state index contributed by atoms with van der Waals surface area (Å²) in [6.07, 6.45) is 1.56. The molecule has 2 aromatic carbocycles. The number of benzene rings is 2. The lowest BCUT2D eigenvalue weighted by Gasteiger charge is -2.27. The highest BCUT2D eigenvalue weighted by atomic mass is 32.1. The minimum atomic E-state index is -0.357. The molecule has 0 unspecified atom stereocenters. The van der Waals surface area contributed by atoms with Crippen LogP contribution in [0.25, 0.3) is 0 Å². The second kappa shape index (κ2) is 11.3. The Kier molecular flexibility index (Phi) is 7.78. The van der Waals surface area contributed by atoms with Gasteiger partial charge < -0.3 is 19.5 Å². The molecule has 0 saturated carbocycles. The van der Waals surface area contributed by atoms with Crippen LogP contribution >= 0.6 is 11.3 Å². The van der Waals surface area contributed by atoms with E-state index in [9.17, 15) is 9.59 Å². The van der Waals surface area contributed by atoms with E-state index in [0.29, 0.717) is 24.5 Å². The van der Waals surface area contributed by atoms with Crippen molar-refractivity contribution < 1.29 is 14.0 Å². The van der Waals surface area contributed by atoms with Crippen LogP contribution in [-0.2, 0) is 24.4 Å². The Hall–Kier alpha value is -3.84. The number of rotatable bonds is 9. The zero-order valence-electron chi connectivity index (χ0n) is 19.0. The molecule has 174 valence electrons. The summed E-state index contributed by atoms with van der Waals surface area (Å²) in [5.41, 5.74) is 2.81. The molecule has 6 nitrogen and oxygen atoms in total. The maximum atomic E-state index is 13.5. The molecule has 0 saturated heterocycles. The van der Waals surface area contributed by atoms with E-state index in [4.69, 9.17) is 4.42 Å². The molecule has 1 N–H and O–H groups in total. The number of anilines is 1. The first-order chi connectivity index (χ1) is 16.6. The maximum absolute atomic E-state index is 13.5. The van der Waals surface area contributed by atoms with Crippen LogP contribution in [0.3, 0.4) is 0 Å². The third kappa shape index (κ3) is 6.59. The third-order valence-electron chi connectivity index (χ3n) is 5.34. The Morgan fingerprint density at radius 1 is 0.853 bits per heavy atom. The van der Waals surface area contributed by atoms with Gasteiger partial charge in [0.2, 0.25) is 5.91 Å². The van der Waals surface area contributed by atoms with Gasteiger partial charge in [-0.15, -0.1) is 11.3 Å². The summed E-state index contributed by atoms with van der Waals surface area (Å²) in [6.45, 7) is 3.05. The number of hydrogen-bond acceptors (Lipinski definition) is 4. The highest BCUT2D eigenvalue weighted by Crippen LogP contribution is 2.17. The van der Waals surface area contributed by atoms with E-state index in [0.717, 1.165) is 16.0 Å². The van der Waals surface area contributed by atoms with Crippen molar-refractivity contribution in [3.63, 3.8) is 0 Å². The first-order valence-electron chi connectivity index (χ1n) is 11.1. The number of hydrogen-bond donors (Lipinski definition) is 1. The lowest BCUT2D eigenvalue weighted by Crippen LogP contribution is -2.43. The van der Waals surface area contributed by atoms with Crippen molar-refractivity contribution in [1.29, 1.82) is 0 Å². The zero-order valence-corrected chi connectivity index (χ0v) is 19.8. The Balaban J connectivity index is 1.52. The average Bonchev–Trinajstić information content (AvgIpc) is 3.55. The third-order valence-corrected chi connectivity index (χ3v) is 6.20. The molecule has 0 fully saturated rings. The lowest BCUT2D eigenvalue weighted by atomic mass is 10.2. The van der Waals surface area contributed by atoms with Crippen LogP contribution in [0, 0.1) is 6.92 Å². The number of carbonyl (C=O) groups is 2. The van der Waals surface area contributed by atoms with Gasteiger partial charge in [0.05, 0.1) is 19.4 Å². The van der Waals surface area contributed by atoms with E-state index in [1.54, 1.807) is 34.6 Å². The summed E-state index contributed by atoms with van der Waals surface area (Å²) in [5.74, 6) is 0.475. The highest BCUT2D eigenvalue weighted by molar-refractivity contribution is 7.09.